The molecule has 0 saturated carbocycles. The normalized spacial score (nSPS) is 20.3. The first-order valence-electron chi connectivity index (χ1n) is 23.5. The average molecular weight is 1060 g/mol. The number of nitrogens with one attached hydrogen (secondary N) is 2. The summed E-state index contributed by atoms with van der Waals surface area (Å²) in [5.41, 5.74) is 4.29. The first-order valence-corrected chi connectivity index (χ1v) is 29.0. The molecular formula is C41H74N7O17P3S. The third-order valence-electron chi connectivity index (χ3n) is 11.4. The maximum absolute atomic E-state index is 12.8. The topological polar surface area (TPSA) is 364 Å². The molecule has 0 aliphatic carbocycles. The molecule has 2 aromatic rings. The highest BCUT2D eigenvalue weighted by molar-refractivity contribution is 8.13. The van der Waals surface area contributed by atoms with Gasteiger partial charge >= 0.3 is 23.5 Å². The van der Waals surface area contributed by atoms with Gasteiger partial charge in [-0.1, -0.05) is 129 Å². The van der Waals surface area contributed by atoms with Gasteiger partial charge in [-0.2, -0.15) is 4.31 Å². The number of amides is 2. The van der Waals surface area contributed by atoms with E-state index in [1.165, 1.54) is 97.3 Å². The number of aliphatic hydroxyl groups is 2. The molecule has 1 saturated heterocycles. The summed E-state index contributed by atoms with van der Waals surface area (Å²) in [6.45, 7) is 5.00. The number of phosphoric ester groups is 3. The number of hydrogen-bond acceptors (Lipinski definition) is 18. The van der Waals surface area contributed by atoms with Gasteiger partial charge in [0.2, 0.25) is 11.8 Å². The van der Waals surface area contributed by atoms with Crippen LogP contribution in [0.1, 0.15) is 143 Å². The van der Waals surface area contributed by atoms with Gasteiger partial charge in [0.05, 0.1) is 19.5 Å². The number of rotatable bonds is 36. The molecular weight excluding hydrogens is 987 g/mol. The molecule has 0 bridgehead atoms. The number of fused-ring (bicyclic) bond motifs is 1. The van der Waals surface area contributed by atoms with Crippen molar-refractivity contribution >= 4 is 69.1 Å². The third kappa shape index (κ3) is 22.9. The Balaban J connectivity index is 1.29. The number of nitrogens with two attached hydrogens (primary N) is 1. The number of thioether (sulfide) groups is 1. The maximum Gasteiger partial charge on any atom is 0.481 e. The lowest BCUT2D eigenvalue weighted by Gasteiger charge is -2.30. The predicted molar refractivity (Wildman–Crippen MR) is 256 cm³/mol. The second-order valence-electron chi connectivity index (χ2n) is 18.0. The molecule has 1 aliphatic rings. The van der Waals surface area contributed by atoms with Crippen LogP contribution in [-0.2, 0) is 50.7 Å². The fourth-order valence-electron chi connectivity index (χ4n) is 7.39. The van der Waals surface area contributed by atoms with Gasteiger partial charge in [-0.3, -0.25) is 32.5 Å². The number of nitrogens with zero attached hydrogens (tertiary/aromatic N) is 4. The number of aliphatic hydroxyl groups excluding tert-OH is 2. The van der Waals surface area contributed by atoms with Crippen LogP contribution in [-0.4, -0.2) is 123 Å². The van der Waals surface area contributed by atoms with Crippen LogP contribution in [0.2, 0.25) is 0 Å². The molecule has 1 fully saturated rings. The van der Waals surface area contributed by atoms with Crippen molar-refractivity contribution in [2.24, 2.45) is 11.3 Å². The van der Waals surface area contributed by atoms with Gasteiger partial charge in [0.15, 0.2) is 22.8 Å². The lowest BCUT2D eigenvalue weighted by molar-refractivity contribution is -0.137. The van der Waals surface area contributed by atoms with E-state index in [9.17, 15) is 57.9 Å². The van der Waals surface area contributed by atoms with Gasteiger partial charge < -0.3 is 50.9 Å². The standard InChI is InChI=1S/C41H74N7O17P3S/c1-5-6-7-8-9-10-11-12-13-14-15-16-17-18-29(2)19-20-32(50)69-24-23-43-31(49)21-22-44-39(53)36(52)41(3,4)26-62-68(59,60)65-67(57,58)61-25-30-35(64-66(54,55)56)34(51)40(63-30)48-28-47-33-37(42)45-27-46-38(33)48/h27-30,34-36,40,51-52H,5-26H2,1-4H3,(H,43,49)(H,44,53)(H,57,58)(H,59,60)(H2,42,45,46)(H2,54,55,56). The van der Waals surface area contributed by atoms with Crippen LogP contribution in [0.3, 0.4) is 0 Å². The van der Waals surface area contributed by atoms with E-state index in [4.69, 9.17) is 19.5 Å². The van der Waals surface area contributed by atoms with Gasteiger partial charge in [0.1, 0.15) is 36.3 Å². The van der Waals surface area contributed by atoms with Crippen molar-refractivity contribution < 1.29 is 80.5 Å². The molecule has 24 nitrogen and oxygen atoms in total. The van der Waals surface area contributed by atoms with Crippen molar-refractivity contribution in [2.45, 2.75) is 167 Å². The highest BCUT2D eigenvalue weighted by Crippen LogP contribution is 2.61. The highest BCUT2D eigenvalue weighted by atomic mass is 32.2. The molecule has 3 heterocycles. The lowest BCUT2D eigenvalue weighted by Crippen LogP contribution is -2.46. The Labute approximate surface area is 407 Å². The zero-order chi connectivity index (χ0) is 51.3. The summed E-state index contributed by atoms with van der Waals surface area (Å²) in [6, 6.07) is 0. The summed E-state index contributed by atoms with van der Waals surface area (Å²) in [5, 5.41) is 26.7. The predicted octanol–water partition coefficient (Wildman–Crippen LogP) is 5.56. The molecule has 10 N–H and O–H groups in total. The summed E-state index contributed by atoms with van der Waals surface area (Å²) in [6.07, 6.45) is 12.6. The summed E-state index contributed by atoms with van der Waals surface area (Å²) < 4.78 is 62.5. The molecule has 396 valence electrons. The molecule has 1 aliphatic heterocycles. The van der Waals surface area contributed by atoms with Crippen molar-refractivity contribution in [1.29, 1.82) is 0 Å². The summed E-state index contributed by atoms with van der Waals surface area (Å²) >= 11 is 1.16. The van der Waals surface area contributed by atoms with Crippen molar-refractivity contribution in [1.82, 2.24) is 30.2 Å². The van der Waals surface area contributed by atoms with Gasteiger partial charge in [0.25, 0.3) is 0 Å². The molecule has 0 spiro atoms. The number of carbonyl (C=O) groups excluding carboxylic acids is 3. The Morgan fingerprint density at radius 3 is 2.10 bits per heavy atom. The summed E-state index contributed by atoms with van der Waals surface area (Å²) in [7, 11) is -16.4. The number of nitrogen functional groups attached to an aromatic ring is 1. The zero-order valence-electron chi connectivity index (χ0n) is 40.0. The molecule has 3 rings (SSSR count). The van der Waals surface area contributed by atoms with Crippen LogP contribution >= 0.6 is 35.2 Å². The van der Waals surface area contributed by atoms with E-state index in [1.807, 2.05) is 0 Å². The number of unbranched alkanes of at least 4 members (excludes halogenated alkanes) is 12. The Morgan fingerprint density at radius 1 is 0.870 bits per heavy atom. The molecule has 2 aromatic heterocycles. The number of imidazole rings is 1. The van der Waals surface area contributed by atoms with Gasteiger partial charge in [0, 0.05) is 37.1 Å². The molecule has 0 radical (unpaired) electrons. The van der Waals surface area contributed by atoms with E-state index < -0.39 is 84.6 Å². The quantitative estimate of drug-likeness (QED) is 0.0298. The highest BCUT2D eigenvalue weighted by Gasteiger charge is 2.50. The minimum absolute atomic E-state index is 0.0339. The third-order valence-corrected chi connectivity index (χ3v) is 15.4. The number of ether oxygens (including phenoxy) is 1. The van der Waals surface area contributed by atoms with Gasteiger partial charge in [-0.05, 0) is 12.3 Å². The average Bonchev–Trinajstić information content (AvgIpc) is 3.84. The number of phosphoric acid groups is 3. The number of hydrogen-bond donors (Lipinski definition) is 9. The van der Waals surface area contributed by atoms with Crippen LogP contribution in [0.4, 0.5) is 5.82 Å². The van der Waals surface area contributed by atoms with E-state index in [0.717, 1.165) is 41.8 Å². The SMILES string of the molecule is CCCCCCCCCCCCCCCC(C)CCC(=O)SCCNC(=O)CCNC(=O)C(O)C(C)(C)COP(=O)(O)OP(=O)(O)OCC1OC(n2cnc3c(N)ncnc32)C(O)C1OP(=O)(O)O. The largest absolute Gasteiger partial charge is 0.481 e. The van der Waals surface area contributed by atoms with E-state index >= 15 is 0 Å². The minimum atomic E-state index is -5.58. The monoisotopic (exact) mass is 1060 g/mol. The number of aromatic nitrogens is 4. The molecule has 0 aromatic carbocycles. The summed E-state index contributed by atoms with van der Waals surface area (Å²) in [5.74, 6) is -0.553. The Hall–Kier alpha value is -2.44. The van der Waals surface area contributed by atoms with Crippen LogP contribution in [0.25, 0.3) is 11.2 Å². The second kappa shape index (κ2) is 29.9. The maximum atomic E-state index is 12.8. The van der Waals surface area contributed by atoms with E-state index in [-0.39, 0.29) is 41.6 Å². The smallest absolute Gasteiger partial charge is 0.386 e. The Kier molecular flexibility index (Phi) is 26.4. The second-order valence-corrected chi connectivity index (χ2v) is 23.4. The molecule has 8 unspecified atom stereocenters. The van der Waals surface area contributed by atoms with Crippen molar-refractivity contribution in [3.63, 3.8) is 0 Å². The summed E-state index contributed by atoms with van der Waals surface area (Å²) in [4.78, 5) is 88.7. The minimum Gasteiger partial charge on any atom is -0.386 e. The lowest BCUT2D eigenvalue weighted by atomic mass is 9.87. The van der Waals surface area contributed by atoms with Crippen LogP contribution < -0.4 is 16.4 Å². The van der Waals surface area contributed by atoms with Crippen LogP contribution in [0, 0.1) is 11.3 Å². The van der Waals surface area contributed by atoms with Crippen molar-refractivity contribution in [3.05, 3.63) is 12.7 Å². The number of carbonyl (C=O) groups is 3. The molecule has 28 heteroatoms. The van der Waals surface area contributed by atoms with Crippen molar-refractivity contribution in [3.8, 4) is 0 Å². The van der Waals surface area contributed by atoms with Gasteiger partial charge in [-0.25, -0.2) is 28.6 Å². The Morgan fingerprint density at radius 2 is 1.48 bits per heavy atom. The first kappa shape index (κ1) is 60.9. The fraction of sp³-hybridized carbons (Fsp3) is 0.805. The van der Waals surface area contributed by atoms with E-state index in [2.05, 4.69) is 48.3 Å². The molecule has 2 amide bonds. The Bertz CT molecular complexity index is 2050. The van der Waals surface area contributed by atoms with Crippen LogP contribution in [0.5, 0.6) is 0 Å². The van der Waals surface area contributed by atoms with E-state index in [0.29, 0.717) is 18.1 Å². The van der Waals surface area contributed by atoms with Gasteiger partial charge in [-0.15, -0.1) is 0 Å². The zero-order valence-corrected chi connectivity index (χ0v) is 43.5. The van der Waals surface area contributed by atoms with Crippen LogP contribution in [0.15, 0.2) is 12.7 Å². The number of anilines is 1. The van der Waals surface area contributed by atoms with Crippen molar-refractivity contribution in [2.75, 3.05) is 37.8 Å². The molecule has 8 atom stereocenters. The first-order chi connectivity index (χ1) is 32.4. The molecule has 69 heavy (non-hydrogen) atoms. The fourth-order valence-corrected chi connectivity index (χ4v) is 10.9. The van der Waals surface area contributed by atoms with E-state index in [1.54, 1.807) is 0 Å².